The summed E-state index contributed by atoms with van der Waals surface area (Å²) >= 11 is 1.30. The molecule has 1 aliphatic heterocycles. The lowest BCUT2D eigenvalue weighted by molar-refractivity contribution is 0.0755. The number of fused-ring (bicyclic) bond motifs is 1. The number of halogens is 2. The third kappa shape index (κ3) is 4.87. The number of rotatable bonds is 6. The molecule has 0 spiro atoms. The minimum atomic E-state index is -0.731. The summed E-state index contributed by atoms with van der Waals surface area (Å²) < 4.78 is 34.3. The first kappa shape index (κ1) is 25.4. The van der Waals surface area contributed by atoms with Crippen molar-refractivity contribution in [1.29, 1.82) is 0 Å². The van der Waals surface area contributed by atoms with Gasteiger partial charge in [0.05, 0.1) is 11.4 Å². The molecule has 3 atom stereocenters. The average molecular weight is 549 g/mol. The molecule has 1 amide bonds. The number of benzene rings is 1. The van der Waals surface area contributed by atoms with Crippen molar-refractivity contribution >= 4 is 17.2 Å². The highest BCUT2D eigenvalue weighted by Gasteiger charge is 2.59. The molecule has 2 aliphatic rings. The molecule has 0 radical (unpaired) electrons. The average Bonchev–Trinajstić information content (AvgIpc) is 3.21. The van der Waals surface area contributed by atoms with Crippen LogP contribution in [0.5, 0.6) is 5.88 Å². The van der Waals surface area contributed by atoms with E-state index in [0.29, 0.717) is 51.6 Å². The van der Waals surface area contributed by atoms with E-state index in [4.69, 9.17) is 10.5 Å². The van der Waals surface area contributed by atoms with Crippen molar-refractivity contribution in [2.24, 2.45) is 17.6 Å². The van der Waals surface area contributed by atoms with Gasteiger partial charge in [-0.3, -0.25) is 4.79 Å². The van der Waals surface area contributed by atoms with Crippen LogP contribution in [0.1, 0.15) is 34.8 Å². The van der Waals surface area contributed by atoms with Crippen molar-refractivity contribution in [3.05, 3.63) is 76.6 Å². The third-order valence-corrected chi connectivity index (χ3v) is 8.30. The van der Waals surface area contributed by atoms with Gasteiger partial charge in [-0.2, -0.15) is 0 Å². The van der Waals surface area contributed by atoms with Gasteiger partial charge in [-0.25, -0.2) is 28.7 Å². The van der Waals surface area contributed by atoms with Gasteiger partial charge in [0.2, 0.25) is 5.88 Å². The van der Waals surface area contributed by atoms with Crippen LogP contribution >= 0.6 is 11.3 Å². The number of thiazole rings is 1. The highest BCUT2D eigenvalue weighted by Crippen LogP contribution is 2.48. The number of pyridine rings is 1. The molecule has 6 rings (SSSR count). The van der Waals surface area contributed by atoms with Gasteiger partial charge in [-0.1, -0.05) is 0 Å². The second kappa shape index (κ2) is 9.42. The summed E-state index contributed by atoms with van der Waals surface area (Å²) in [7, 11) is 0. The minimum absolute atomic E-state index is 0.0581. The van der Waals surface area contributed by atoms with E-state index < -0.39 is 17.2 Å². The van der Waals surface area contributed by atoms with Gasteiger partial charge in [0.1, 0.15) is 22.6 Å². The molecule has 3 aromatic heterocycles. The van der Waals surface area contributed by atoms with Crippen molar-refractivity contribution in [3.63, 3.8) is 0 Å². The number of ether oxygens (including phenoxy) is 1. The number of hydrogen-bond acceptors (Lipinski definition) is 8. The number of nitrogens with zero attached hydrogens (tertiary/aromatic N) is 5. The zero-order valence-corrected chi connectivity index (χ0v) is 22.4. The molecule has 1 saturated heterocycles. The van der Waals surface area contributed by atoms with E-state index in [9.17, 15) is 13.6 Å². The Morgan fingerprint density at radius 3 is 2.49 bits per heavy atom. The minimum Gasteiger partial charge on any atom is -0.474 e. The number of hydrogen-bond donors (Lipinski definition) is 1. The van der Waals surface area contributed by atoms with Crippen LogP contribution in [0.3, 0.4) is 0 Å². The quantitative estimate of drug-likeness (QED) is 0.376. The maximum atomic E-state index is 14.5. The number of aryl methyl sites for hydroxylation is 1. The molecule has 200 valence electrons. The third-order valence-electron chi connectivity index (χ3n) is 7.16. The molecule has 1 aliphatic carbocycles. The summed E-state index contributed by atoms with van der Waals surface area (Å²) in [5, 5.41) is 0.615. The summed E-state index contributed by atoms with van der Waals surface area (Å²) in [6.45, 7) is 6.61. The molecule has 39 heavy (non-hydrogen) atoms. The highest BCUT2D eigenvalue weighted by molar-refractivity contribution is 7.17. The van der Waals surface area contributed by atoms with Crippen LogP contribution in [0.2, 0.25) is 0 Å². The smallest absolute Gasteiger partial charge is 0.265 e. The molecular weight excluding hydrogens is 522 g/mol. The van der Waals surface area contributed by atoms with Crippen LogP contribution in [-0.2, 0) is 5.54 Å². The number of aromatic nitrogens is 4. The molecule has 8 nitrogen and oxygen atoms in total. The monoisotopic (exact) mass is 548 g/mol. The Morgan fingerprint density at radius 2 is 1.82 bits per heavy atom. The summed E-state index contributed by atoms with van der Waals surface area (Å²) in [6, 6.07) is 8.57. The van der Waals surface area contributed by atoms with Gasteiger partial charge in [-0.15, -0.1) is 11.3 Å². The maximum absolute atomic E-state index is 14.5. The molecule has 11 heteroatoms. The lowest BCUT2D eigenvalue weighted by Crippen LogP contribution is -2.33. The first-order chi connectivity index (χ1) is 18.6. The second-order valence-electron chi connectivity index (χ2n) is 10.6. The van der Waals surface area contributed by atoms with Crippen molar-refractivity contribution < 1.29 is 18.3 Å². The first-order valence-corrected chi connectivity index (χ1v) is 13.4. The van der Waals surface area contributed by atoms with Crippen molar-refractivity contribution in [3.8, 4) is 28.0 Å². The van der Waals surface area contributed by atoms with E-state index in [-0.39, 0.29) is 29.4 Å². The van der Waals surface area contributed by atoms with E-state index in [1.54, 1.807) is 30.6 Å². The summed E-state index contributed by atoms with van der Waals surface area (Å²) in [5.41, 5.74) is 7.47. The molecule has 0 bridgehead atoms. The van der Waals surface area contributed by atoms with Crippen molar-refractivity contribution in [2.45, 2.75) is 32.4 Å². The Bertz CT molecular complexity index is 1560. The van der Waals surface area contributed by atoms with E-state index in [2.05, 4.69) is 19.9 Å². The summed E-state index contributed by atoms with van der Waals surface area (Å²) in [6.07, 6.45) is 3.18. The summed E-state index contributed by atoms with van der Waals surface area (Å²) in [5.74, 6) is -0.269. The zero-order valence-electron chi connectivity index (χ0n) is 21.6. The van der Waals surface area contributed by atoms with Crippen molar-refractivity contribution in [1.82, 2.24) is 24.8 Å². The molecule has 2 N–H and O–H groups in total. The van der Waals surface area contributed by atoms with Gasteiger partial charge in [-0.05, 0) is 50.6 Å². The molecule has 4 heterocycles. The van der Waals surface area contributed by atoms with Gasteiger partial charge < -0.3 is 15.4 Å². The fourth-order valence-electron chi connectivity index (χ4n) is 4.97. The van der Waals surface area contributed by atoms with Crippen LogP contribution in [0.4, 0.5) is 8.78 Å². The number of carbonyl (C=O) groups is 1. The van der Waals surface area contributed by atoms with Gasteiger partial charge >= 0.3 is 0 Å². The number of nitrogens with two attached hydrogens (primary N) is 1. The number of piperidine rings is 1. The van der Waals surface area contributed by atoms with Crippen molar-refractivity contribution in [2.75, 3.05) is 13.1 Å². The Balaban J connectivity index is 1.17. The van der Waals surface area contributed by atoms with E-state index in [1.165, 1.54) is 23.5 Å². The number of amides is 1. The fraction of sp³-hybridized carbons (Fsp3) is 0.321. The van der Waals surface area contributed by atoms with E-state index >= 15 is 0 Å². The molecule has 1 saturated carbocycles. The number of carbonyl (C=O) groups excluding carboxylic acids is 1. The molecule has 1 unspecified atom stereocenters. The Kier molecular flexibility index (Phi) is 6.15. The van der Waals surface area contributed by atoms with Crippen LogP contribution in [0, 0.1) is 30.4 Å². The SMILES string of the molecule is Cc1nc(-c2ncccn2)sc1C(=O)N1CC2[C@@H](C1)[C@@H]2Oc1cc(C(C)(C)N)cc(-c2ccc(F)cc2F)n1. The van der Waals surface area contributed by atoms with E-state index in [0.717, 1.165) is 6.07 Å². The predicted molar refractivity (Wildman–Crippen MR) is 142 cm³/mol. The molecule has 2 fully saturated rings. The first-order valence-electron chi connectivity index (χ1n) is 12.6. The zero-order chi connectivity index (χ0) is 27.5. The fourth-order valence-corrected chi connectivity index (χ4v) is 5.95. The normalized spacial score (nSPS) is 20.2. The topological polar surface area (TPSA) is 107 Å². The Morgan fingerprint density at radius 1 is 1.10 bits per heavy atom. The predicted octanol–water partition coefficient (Wildman–Crippen LogP) is 4.59. The van der Waals surface area contributed by atoms with Crippen LogP contribution in [-0.4, -0.2) is 49.9 Å². The van der Waals surface area contributed by atoms with E-state index in [1.807, 2.05) is 25.7 Å². The lowest BCUT2D eigenvalue weighted by Gasteiger charge is -2.22. The van der Waals surface area contributed by atoms with Crippen LogP contribution in [0.25, 0.3) is 22.1 Å². The Labute approximate surface area is 227 Å². The Hall–Kier alpha value is -3.83. The second-order valence-corrected chi connectivity index (χ2v) is 11.6. The maximum Gasteiger partial charge on any atom is 0.265 e. The molecule has 1 aromatic carbocycles. The van der Waals surface area contributed by atoms with Crippen LogP contribution < -0.4 is 10.5 Å². The summed E-state index contributed by atoms with van der Waals surface area (Å²) in [4.78, 5) is 33.2. The molecular formula is C28H26F2N6O2S. The van der Waals surface area contributed by atoms with Crippen LogP contribution in [0.15, 0.2) is 48.8 Å². The largest absolute Gasteiger partial charge is 0.474 e. The highest BCUT2D eigenvalue weighted by atomic mass is 32.1. The van der Waals surface area contributed by atoms with Gasteiger partial charge in [0, 0.05) is 60.6 Å². The molecule has 4 aromatic rings. The standard InChI is InChI=1S/C28H26F2N6O2S/c1-14-24(39-26(34-14)25-32-7-4-8-33-25)27(37)36-12-18-19(13-36)23(18)38-22-10-15(28(2,3)31)9-21(35-22)17-6-5-16(29)11-20(17)30/h4-11,18-19,23H,12-13,31H2,1-3H3/t18-,19?,23+/m1/s1. The lowest BCUT2D eigenvalue weighted by atomic mass is 9.94. The van der Waals surface area contributed by atoms with Gasteiger partial charge in [0.25, 0.3) is 5.91 Å². The number of likely N-dealkylation sites (tertiary alicyclic amines) is 1. The van der Waals surface area contributed by atoms with Gasteiger partial charge in [0.15, 0.2) is 10.8 Å².